The van der Waals surface area contributed by atoms with E-state index in [9.17, 15) is 0 Å². The van der Waals surface area contributed by atoms with E-state index in [4.69, 9.17) is 4.74 Å². The van der Waals surface area contributed by atoms with Crippen molar-refractivity contribution in [1.29, 1.82) is 0 Å². The first-order chi connectivity index (χ1) is 8.28. The third-order valence-corrected chi connectivity index (χ3v) is 2.42. The maximum atomic E-state index is 5.10. The highest BCUT2D eigenvalue weighted by Gasteiger charge is 1.98. The van der Waals surface area contributed by atoms with Gasteiger partial charge in [-0.15, -0.1) is 0 Å². The molecule has 2 rings (SSSR count). The van der Waals surface area contributed by atoms with Crippen LogP contribution >= 0.6 is 0 Å². The van der Waals surface area contributed by atoms with Gasteiger partial charge in [0.2, 0.25) is 0 Å². The van der Waals surface area contributed by atoms with Crippen molar-refractivity contribution in [3.05, 3.63) is 42.0 Å². The standard InChI is InChI=1S/C12H16N4O/c1-16-9-14-12(15-16)8-13-7-10-3-5-11(17-2)6-4-10/h3-6,9,13H,7-8H2,1-2H3. The Bertz CT molecular complexity index is 464. The molecule has 1 heterocycles. The zero-order valence-electron chi connectivity index (χ0n) is 10.1. The van der Waals surface area contributed by atoms with Crippen molar-refractivity contribution in [1.82, 2.24) is 20.1 Å². The van der Waals surface area contributed by atoms with Gasteiger partial charge in [-0.2, -0.15) is 5.10 Å². The van der Waals surface area contributed by atoms with Gasteiger partial charge in [-0.3, -0.25) is 4.68 Å². The first-order valence-electron chi connectivity index (χ1n) is 5.46. The zero-order valence-corrected chi connectivity index (χ0v) is 10.1. The normalized spacial score (nSPS) is 10.5. The van der Waals surface area contributed by atoms with E-state index >= 15 is 0 Å². The van der Waals surface area contributed by atoms with Gasteiger partial charge >= 0.3 is 0 Å². The number of benzene rings is 1. The molecule has 0 fully saturated rings. The highest BCUT2D eigenvalue weighted by molar-refractivity contribution is 5.26. The Kier molecular flexibility index (Phi) is 3.72. The molecule has 0 radical (unpaired) electrons. The second-order valence-corrected chi connectivity index (χ2v) is 3.79. The van der Waals surface area contributed by atoms with Crippen LogP contribution in [0, 0.1) is 0 Å². The largest absolute Gasteiger partial charge is 0.497 e. The summed E-state index contributed by atoms with van der Waals surface area (Å²) in [5.41, 5.74) is 1.21. The second-order valence-electron chi connectivity index (χ2n) is 3.79. The summed E-state index contributed by atoms with van der Waals surface area (Å²) in [7, 11) is 3.53. The molecule has 1 aromatic carbocycles. The Hall–Kier alpha value is -1.88. The SMILES string of the molecule is COc1ccc(CNCc2ncn(C)n2)cc1. The second kappa shape index (κ2) is 5.45. The number of methoxy groups -OCH3 is 1. The number of hydrogen-bond acceptors (Lipinski definition) is 4. The van der Waals surface area contributed by atoms with E-state index in [1.807, 2.05) is 31.3 Å². The number of nitrogens with zero attached hydrogens (tertiary/aromatic N) is 3. The van der Waals surface area contributed by atoms with Crippen LogP contribution in [0.2, 0.25) is 0 Å². The molecule has 5 nitrogen and oxygen atoms in total. The summed E-state index contributed by atoms with van der Waals surface area (Å²) < 4.78 is 6.80. The van der Waals surface area contributed by atoms with Crippen LogP contribution < -0.4 is 10.1 Å². The van der Waals surface area contributed by atoms with Gasteiger partial charge in [-0.25, -0.2) is 4.98 Å². The van der Waals surface area contributed by atoms with Crippen LogP contribution in [-0.2, 0) is 20.1 Å². The van der Waals surface area contributed by atoms with Crippen molar-refractivity contribution < 1.29 is 4.74 Å². The van der Waals surface area contributed by atoms with Gasteiger partial charge in [-0.05, 0) is 17.7 Å². The van der Waals surface area contributed by atoms with Crippen LogP contribution in [-0.4, -0.2) is 21.9 Å². The lowest BCUT2D eigenvalue weighted by Crippen LogP contribution is -2.13. The Labute approximate surface area is 100 Å². The lowest BCUT2D eigenvalue weighted by Gasteiger charge is -2.04. The summed E-state index contributed by atoms with van der Waals surface area (Å²) in [6.07, 6.45) is 1.70. The van der Waals surface area contributed by atoms with E-state index in [0.29, 0.717) is 6.54 Å². The number of hydrogen-bond donors (Lipinski definition) is 1. The summed E-state index contributed by atoms with van der Waals surface area (Å²) in [4.78, 5) is 4.14. The van der Waals surface area contributed by atoms with Crippen LogP contribution in [0.1, 0.15) is 11.4 Å². The fourth-order valence-electron chi connectivity index (χ4n) is 1.53. The molecule has 0 atom stereocenters. The molecule has 1 N–H and O–H groups in total. The summed E-state index contributed by atoms with van der Waals surface area (Å²) in [6, 6.07) is 7.99. The number of aryl methyl sites for hydroxylation is 1. The van der Waals surface area contributed by atoms with Crippen LogP contribution in [0.5, 0.6) is 5.75 Å². The molecule has 5 heteroatoms. The molecule has 0 saturated carbocycles. The Morgan fingerprint density at radius 2 is 2.00 bits per heavy atom. The summed E-state index contributed by atoms with van der Waals surface area (Å²) in [6.45, 7) is 1.47. The monoisotopic (exact) mass is 232 g/mol. The summed E-state index contributed by atoms with van der Waals surface area (Å²) in [5, 5.41) is 7.48. The van der Waals surface area contributed by atoms with Crippen molar-refractivity contribution >= 4 is 0 Å². The first-order valence-corrected chi connectivity index (χ1v) is 5.46. The molecule has 0 aliphatic rings. The van der Waals surface area contributed by atoms with Gasteiger partial charge in [-0.1, -0.05) is 12.1 Å². The molecule has 0 amide bonds. The fraction of sp³-hybridized carbons (Fsp3) is 0.333. The molecular formula is C12H16N4O. The van der Waals surface area contributed by atoms with Crippen LogP contribution in [0.15, 0.2) is 30.6 Å². The third kappa shape index (κ3) is 3.29. The number of nitrogens with one attached hydrogen (secondary N) is 1. The van der Waals surface area contributed by atoms with Crippen molar-refractivity contribution in [3.8, 4) is 5.75 Å². The van der Waals surface area contributed by atoms with Gasteiger partial charge in [0.25, 0.3) is 0 Å². The minimum absolute atomic E-state index is 0.673. The van der Waals surface area contributed by atoms with Gasteiger partial charge in [0, 0.05) is 13.6 Å². The molecule has 0 aliphatic carbocycles. The number of rotatable bonds is 5. The average Bonchev–Trinajstić information content (AvgIpc) is 2.76. The van der Waals surface area contributed by atoms with E-state index < -0.39 is 0 Å². The van der Waals surface area contributed by atoms with E-state index in [1.54, 1.807) is 18.1 Å². The first kappa shape index (κ1) is 11.6. The van der Waals surface area contributed by atoms with Crippen molar-refractivity contribution in [2.75, 3.05) is 7.11 Å². The lowest BCUT2D eigenvalue weighted by atomic mass is 10.2. The average molecular weight is 232 g/mol. The van der Waals surface area contributed by atoms with Gasteiger partial charge in [0.05, 0.1) is 13.7 Å². The fourth-order valence-corrected chi connectivity index (χ4v) is 1.53. The molecule has 0 unspecified atom stereocenters. The quantitative estimate of drug-likeness (QED) is 0.839. The van der Waals surface area contributed by atoms with E-state index in [0.717, 1.165) is 18.1 Å². The Balaban J connectivity index is 1.81. The maximum Gasteiger partial charge on any atom is 0.164 e. The highest BCUT2D eigenvalue weighted by atomic mass is 16.5. The maximum absolute atomic E-state index is 5.10. The molecule has 0 bridgehead atoms. The predicted molar refractivity (Wildman–Crippen MR) is 64.5 cm³/mol. The predicted octanol–water partition coefficient (Wildman–Crippen LogP) is 1.11. The smallest absolute Gasteiger partial charge is 0.164 e. The number of ether oxygens (including phenoxy) is 1. The van der Waals surface area contributed by atoms with E-state index in [-0.39, 0.29) is 0 Å². The third-order valence-electron chi connectivity index (χ3n) is 2.42. The summed E-state index contributed by atoms with van der Waals surface area (Å²) in [5.74, 6) is 1.68. The van der Waals surface area contributed by atoms with Crippen LogP contribution in [0.3, 0.4) is 0 Å². The van der Waals surface area contributed by atoms with Gasteiger partial charge in [0.1, 0.15) is 12.1 Å². The minimum Gasteiger partial charge on any atom is -0.497 e. The minimum atomic E-state index is 0.673. The van der Waals surface area contributed by atoms with E-state index in [2.05, 4.69) is 15.4 Å². The Morgan fingerprint density at radius 1 is 1.24 bits per heavy atom. The molecular weight excluding hydrogens is 216 g/mol. The lowest BCUT2D eigenvalue weighted by molar-refractivity contribution is 0.414. The molecule has 17 heavy (non-hydrogen) atoms. The highest BCUT2D eigenvalue weighted by Crippen LogP contribution is 2.10. The van der Waals surface area contributed by atoms with Gasteiger partial charge < -0.3 is 10.1 Å². The topological polar surface area (TPSA) is 52.0 Å². The van der Waals surface area contributed by atoms with Crippen LogP contribution in [0.25, 0.3) is 0 Å². The van der Waals surface area contributed by atoms with Crippen molar-refractivity contribution in [2.24, 2.45) is 7.05 Å². The van der Waals surface area contributed by atoms with Crippen LogP contribution in [0.4, 0.5) is 0 Å². The molecule has 0 saturated heterocycles. The van der Waals surface area contributed by atoms with Crippen molar-refractivity contribution in [2.45, 2.75) is 13.1 Å². The van der Waals surface area contributed by atoms with Gasteiger partial charge in [0.15, 0.2) is 5.82 Å². The molecule has 90 valence electrons. The molecule has 0 aliphatic heterocycles. The molecule has 2 aromatic rings. The van der Waals surface area contributed by atoms with E-state index in [1.165, 1.54) is 5.56 Å². The number of aromatic nitrogens is 3. The Morgan fingerprint density at radius 3 is 2.59 bits per heavy atom. The van der Waals surface area contributed by atoms with Crippen molar-refractivity contribution in [3.63, 3.8) is 0 Å². The molecule has 1 aromatic heterocycles. The molecule has 0 spiro atoms. The zero-order chi connectivity index (χ0) is 12.1. The summed E-state index contributed by atoms with van der Waals surface area (Å²) >= 11 is 0.